The molecule has 0 aromatic heterocycles. The van der Waals surface area contributed by atoms with Crippen LogP contribution in [0.3, 0.4) is 0 Å². The van der Waals surface area contributed by atoms with Gasteiger partial charge in [0.2, 0.25) is 0 Å². The van der Waals surface area contributed by atoms with E-state index in [0.29, 0.717) is 18.6 Å². The van der Waals surface area contributed by atoms with Gasteiger partial charge in [-0.25, -0.2) is 0 Å². The minimum Gasteiger partial charge on any atom is -0.497 e. The molecule has 1 aliphatic heterocycles. The van der Waals surface area contributed by atoms with Gasteiger partial charge in [-0.2, -0.15) is 0 Å². The van der Waals surface area contributed by atoms with Crippen molar-refractivity contribution >= 4 is 0 Å². The molecule has 0 spiro atoms. The number of hydrogen-bond donors (Lipinski definition) is 1. The third-order valence-electron chi connectivity index (χ3n) is 4.24. The van der Waals surface area contributed by atoms with Crippen LogP contribution in [0, 0.1) is 0 Å². The highest BCUT2D eigenvalue weighted by molar-refractivity contribution is 5.29. The van der Waals surface area contributed by atoms with Crippen molar-refractivity contribution < 1.29 is 4.74 Å². The third-order valence-corrected chi connectivity index (χ3v) is 4.24. The molecule has 1 fully saturated rings. The van der Waals surface area contributed by atoms with E-state index in [1.807, 2.05) is 12.1 Å². The van der Waals surface area contributed by atoms with Crippen molar-refractivity contribution in [3.05, 3.63) is 29.8 Å². The first kappa shape index (κ1) is 15.3. The largest absolute Gasteiger partial charge is 0.497 e. The van der Waals surface area contributed by atoms with Gasteiger partial charge < -0.3 is 10.5 Å². The normalized spacial score (nSPS) is 19.2. The number of nitrogens with zero attached hydrogens (tertiary/aromatic N) is 2. The maximum Gasteiger partial charge on any atom is 0.118 e. The van der Waals surface area contributed by atoms with Crippen LogP contribution in [0.25, 0.3) is 0 Å². The van der Waals surface area contributed by atoms with E-state index in [1.165, 1.54) is 5.56 Å². The molecule has 4 heteroatoms. The molecule has 1 heterocycles. The fourth-order valence-electron chi connectivity index (χ4n) is 2.89. The van der Waals surface area contributed by atoms with E-state index in [1.54, 1.807) is 7.11 Å². The Bertz CT molecular complexity index is 397. The molecular weight excluding hydrogens is 250 g/mol. The Hall–Kier alpha value is -1.10. The Balaban J connectivity index is 2.01. The van der Waals surface area contributed by atoms with E-state index in [4.69, 9.17) is 10.5 Å². The molecular formula is C16H27N3O. The molecule has 0 saturated carbocycles. The van der Waals surface area contributed by atoms with Crippen molar-refractivity contribution in [3.63, 3.8) is 0 Å². The average molecular weight is 277 g/mol. The van der Waals surface area contributed by atoms with Gasteiger partial charge in [0.25, 0.3) is 0 Å². The molecule has 1 atom stereocenters. The van der Waals surface area contributed by atoms with Crippen LogP contribution in [0.5, 0.6) is 5.75 Å². The van der Waals surface area contributed by atoms with Gasteiger partial charge in [0.1, 0.15) is 5.75 Å². The van der Waals surface area contributed by atoms with Crippen molar-refractivity contribution in [2.75, 3.05) is 39.8 Å². The van der Waals surface area contributed by atoms with E-state index in [9.17, 15) is 0 Å². The molecule has 1 unspecified atom stereocenters. The summed E-state index contributed by atoms with van der Waals surface area (Å²) in [5.74, 6) is 0.897. The Kier molecular flexibility index (Phi) is 5.40. The molecule has 112 valence electrons. The molecule has 1 aliphatic rings. The number of benzene rings is 1. The maximum atomic E-state index is 6.01. The maximum absolute atomic E-state index is 6.01. The summed E-state index contributed by atoms with van der Waals surface area (Å²) < 4.78 is 5.22. The molecule has 0 radical (unpaired) electrons. The second-order valence-corrected chi connectivity index (χ2v) is 5.69. The second-order valence-electron chi connectivity index (χ2n) is 5.69. The smallest absolute Gasteiger partial charge is 0.118 e. The van der Waals surface area contributed by atoms with E-state index in [0.717, 1.165) is 31.9 Å². The Morgan fingerprint density at radius 2 is 1.60 bits per heavy atom. The van der Waals surface area contributed by atoms with Gasteiger partial charge in [0, 0.05) is 44.8 Å². The van der Waals surface area contributed by atoms with Gasteiger partial charge in [0.15, 0.2) is 0 Å². The summed E-state index contributed by atoms with van der Waals surface area (Å²) in [6.45, 7) is 9.62. The van der Waals surface area contributed by atoms with E-state index < -0.39 is 0 Å². The number of hydrogen-bond acceptors (Lipinski definition) is 4. The lowest BCUT2D eigenvalue weighted by atomic mass is 10.0. The monoisotopic (exact) mass is 277 g/mol. The summed E-state index contributed by atoms with van der Waals surface area (Å²) in [6.07, 6.45) is 0. The van der Waals surface area contributed by atoms with Gasteiger partial charge >= 0.3 is 0 Å². The average Bonchev–Trinajstić information content (AvgIpc) is 2.49. The van der Waals surface area contributed by atoms with Gasteiger partial charge in [-0.1, -0.05) is 12.1 Å². The third kappa shape index (κ3) is 3.51. The van der Waals surface area contributed by atoms with Crippen LogP contribution < -0.4 is 10.5 Å². The first-order valence-corrected chi connectivity index (χ1v) is 7.47. The fourth-order valence-corrected chi connectivity index (χ4v) is 2.89. The summed E-state index contributed by atoms with van der Waals surface area (Å²) >= 11 is 0. The fraction of sp³-hybridized carbons (Fsp3) is 0.625. The van der Waals surface area contributed by atoms with Crippen molar-refractivity contribution in [1.82, 2.24) is 9.80 Å². The van der Waals surface area contributed by atoms with Crippen molar-refractivity contribution in [3.8, 4) is 5.75 Å². The molecule has 1 aromatic rings. The lowest BCUT2D eigenvalue weighted by Crippen LogP contribution is -2.50. The van der Waals surface area contributed by atoms with E-state index in [-0.39, 0.29) is 0 Å². The highest BCUT2D eigenvalue weighted by atomic mass is 16.5. The number of methoxy groups -OCH3 is 1. The summed E-state index contributed by atoms with van der Waals surface area (Å²) in [5, 5.41) is 0. The van der Waals surface area contributed by atoms with Crippen LogP contribution in [0.4, 0.5) is 0 Å². The van der Waals surface area contributed by atoms with E-state index in [2.05, 4.69) is 35.8 Å². The van der Waals surface area contributed by atoms with Gasteiger partial charge in [-0.15, -0.1) is 0 Å². The summed E-state index contributed by atoms with van der Waals surface area (Å²) in [7, 11) is 1.69. The van der Waals surface area contributed by atoms with Crippen LogP contribution in [0.1, 0.15) is 25.5 Å². The highest BCUT2D eigenvalue weighted by Crippen LogP contribution is 2.23. The topological polar surface area (TPSA) is 41.7 Å². The number of nitrogens with two attached hydrogens (primary N) is 1. The minimum absolute atomic E-state index is 0.315. The van der Waals surface area contributed by atoms with Crippen LogP contribution in [-0.4, -0.2) is 55.7 Å². The Labute approximate surface area is 122 Å². The zero-order valence-electron chi connectivity index (χ0n) is 12.9. The first-order chi connectivity index (χ1) is 9.65. The molecule has 1 saturated heterocycles. The molecule has 0 aliphatic carbocycles. The molecule has 2 N–H and O–H groups in total. The number of ether oxygens (including phenoxy) is 1. The molecule has 0 amide bonds. The van der Waals surface area contributed by atoms with Crippen LogP contribution in [-0.2, 0) is 0 Å². The van der Waals surface area contributed by atoms with Crippen molar-refractivity contribution in [2.24, 2.45) is 5.73 Å². The zero-order chi connectivity index (χ0) is 14.5. The van der Waals surface area contributed by atoms with Crippen LogP contribution >= 0.6 is 0 Å². The molecule has 4 nitrogen and oxygen atoms in total. The summed E-state index contributed by atoms with van der Waals surface area (Å²) in [5.41, 5.74) is 7.30. The van der Waals surface area contributed by atoms with Crippen molar-refractivity contribution in [1.29, 1.82) is 0 Å². The van der Waals surface area contributed by atoms with Gasteiger partial charge in [-0.3, -0.25) is 9.80 Å². The molecule has 20 heavy (non-hydrogen) atoms. The predicted molar refractivity (Wildman–Crippen MR) is 83.1 cm³/mol. The highest BCUT2D eigenvalue weighted by Gasteiger charge is 2.24. The summed E-state index contributed by atoms with van der Waals surface area (Å²) in [4.78, 5) is 5.03. The standard InChI is InChI=1S/C16H27N3O/c1-13(2)18-8-10-19(11-9-18)16(12-17)14-4-6-15(20-3)7-5-14/h4-7,13,16H,8-12,17H2,1-3H3. The molecule has 0 bridgehead atoms. The lowest BCUT2D eigenvalue weighted by molar-refractivity contribution is 0.0802. The minimum atomic E-state index is 0.315. The quantitative estimate of drug-likeness (QED) is 0.890. The number of piperazine rings is 1. The van der Waals surface area contributed by atoms with Gasteiger partial charge in [-0.05, 0) is 31.5 Å². The SMILES string of the molecule is COc1ccc(C(CN)N2CCN(C(C)C)CC2)cc1. The predicted octanol–water partition coefficient (Wildman–Crippen LogP) is 1.72. The van der Waals surface area contributed by atoms with E-state index >= 15 is 0 Å². The molecule has 2 rings (SSSR count). The molecule has 1 aromatic carbocycles. The summed E-state index contributed by atoms with van der Waals surface area (Å²) in [6, 6.07) is 9.24. The van der Waals surface area contributed by atoms with Gasteiger partial charge in [0.05, 0.1) is 7.11 Å². The lowest BCUT2D eigenvalue weighted by Gasteiger charge is -2.40. The first-order valence-electron chi connectivity index (χ1n) is 7.47. The Morgan fingerprint density at radius 1 is 1.05 bits per heavy atom. The Morgan fingerprint density at radius 3 is 2.05 bits per heavy atom. The van der Waals surface area contributed by atoms with Crippen LogP contribution in [0.15, 0.2) is 24.3 Å². The second kappa shape index (κ2) is 7.07. The number of rotatable bonds is 5. The van der Waals surface area contributed by atoms with Crippen LogP contribution in [0.2, 0.25) is 0 Å². The zero-order valence-corrected chi connectivity index (χ0v) is 12.9. The van der Waals surface area contributed by atoms with Crippen molar-refractivity contribution in [2.45, 2.75) is 25.9 Å².